The van der Waals surface area contributed by atoms with Crippen LogP contribution in [-0.4, -0.2) is 21.4 Å². The van der Waals surface area contributed by atoms with Crippen molar-refractivity contribution in [1.29, 1.82) is 0 Å². The Labute approximate surface area is 90.9 Å². The van der Waals surface area contributed by atoms with Crippen LogP contribution >= 0.6 is 23.4 Å². The standard InChI is InChI=1S/C9H8ClN3S/c1-14-9-11-8(12-13-9)6-2-4-7(10)5-3-6/h2-5H,1H3,(H,11,12,13). The summed E-state index contributed by atoms with van der Waals surface area (Å²) in [6.45, 7) is 0. The molecule has 1 aromatic heterocycles. The van der Waals surface area contributed by atoms with Gasteiger partial charge in [0.1, 0.15) is 0 Å². The number of nitrogens with zero attached hydrogens (tertiary/aromatic N) is 2. The van der Waals surface area contributed by atoms with Crippen LogP contribution in [0.25, 0.3) is 11.4 Å². The molecule has 0 spiro atoms. The number of hydrogen-bond donors (Lipinski definition) is 1. The molecule has 2 rings (SSSR count). The minimum absolute atomic E-state index is 0.721. The largest absolute Gasteiger partial charge is 0.258 e. The van der Waals surface area contributed by atoms with E-state index in [2.05, 4.69) is 15.2 Å². The number of aromatic amines is 1. The summed E-state index contributed by atoms with van der Waals surface area (Å²) < 4.78 is 0. The van der Waals surface area contributed by atoms with Gasteiger partial charge in [0.05, 0.1) is 0 Å². The first-order valence-corrected chi connectivity index (χ1v) is 5.62. The molecule has 0 aliphatic rings. The van der Waals surface area contributed by atoms with Gasteiger partial charge < -0.3 is 0 Å². The van der Waals surface area contributed by atoms with E-state index in [0.29, 0.717) is 0 Å². The number of rotatable bonds is 2. The highest BCUT2D eigenvalue weighted by atomic mass is 35.5. The van der Waals surface area contributed by atoms with E-state index in [1.807, 2.05) is 30.5 Å². The molecule has 1 N–H and O–H groups in total. The van der Waals surface area contributed by atoms with Gasteiger partial charge in [-0.1, -0.05) is 23.4 Å². The van der Waals surface area contributed by atoms with E-state index < -0.39 is 0 Å². The van der Waals surface area contributed by atoms with Crippen molar-refractivity contribution in [2.24, 2.45) is 0 Å². The molecular formula is C9H8ClN3S. The molecule has 0 amide bonds. The van der Waals surface area contributed by atoms with Crippen LogP contribution in [0.3, 0.4) is 0 Å². The predicted octanol–water partition coefficient (Wildman–Crippen LogP) is 2.85. The average molecular weight is 226 g/mol. The molecule has 0 saturated carbocycles. The number of aromatic nitrogens is 3. The van der Waals surface area contributed by atoms with Gasteiger partial charge in [-0.15, -0.1) is 5.10 Å². The number of halogens is 1. The van der Waals surface area contributed by atoms with E-state index in [0.717, 1.165) is 21.6 Å². The monoisotopic (exact) mass is 225 g/mol. The summed E-state index contributed by atoms with van der Waals surface area (Å²) in [5, 5.41) is 8.36. The Morgan fingerprint density at radius 3 is 2.57 bits per heavy atom. The molecule has 5 heteroatoms. The molecule has 0 fully saturated rings. The van der Waals surface area contributed by atoms with Gasteiger partial charge >= 0.3 is 0 Å². The molecule has 2 aromatic rings. The van der Waals surface area contributed by atoms with Crippen molar-refractivity contribution in [1.82, 2.24) is 15.2 Å². The Kier molecular flexibility index (Phi) is 2.74. The van der Waals surface area contributed by atoms with Crippen molar-refractivity contribution < 1.29 is 0 Å². The van der Waals surface area contributed by atoms with Crippen LogP contribution in [0.5, 0.6) is 0 Å². The zero-order valence-corrected chi connectivity index (χ0v) is 9.06. The number of hydrogen-bond acceptors (Lipinski definition) is 3. The Morgan fingerprint density at radius 1 is 1.29 bits per heavy atom. The van der Waals surface area contributed by atoms with Gasteiger partial charge in [0.2, 0.25) is 5.16 Å². The lowest BCUT2D eigenvalue weighted by molar-refractivity contribution is 0.976. The fraction of sp³-hybridized carbons (Fsp3) is 0.111. The highest BCUT2D eigenvalue weighted by Crippen LogP contribution is 2.19. The third kappa shape index (κ3) is 1.91. The average Bonchev–Trinajstić information content (AvgIpc) is 2.67. The van der Waals surface area contributed by atoms with Crippen molar-refractivity contribution >= 4 is 23.4 Å². The zero-order chi connectivity index (χ0) is 9.97. The van der Waals surface area contributed by atoms with Crippen LogP contribution in [-0.2, 0) is 0 Å². The van der Waals surface area contributed by atoms with Crippen molar-refractivity contribution in [2.45, 2.75) is 5.16 Å². The molecule has 0 atom stereocenters. The summed E-state index contributed by atoms with van der Waals surface area (Å²) in [7, 11) is 0. The topological polar surface area (TPSA) is 41.6 Å². The van der Waals surface area contributed by atoms with Gasteiger partial charge in [-0.25, -0.2) is 4.98 Å². The second-order valence-electron chi connectivity index (χ2n) is 2.68. The first-order valence-electron chi connectivity index (χ1n) is 4.02. The second kappa shape index (κ2) is 4.02. The highest BCUT2D eigenvalue weighted by Gasteiger charge is 2.03. The van der Waals surface area contributed by atoms with E-state index in [1.165, 1.54) is 11.8 Å². The molecule has 3 nitrogen and oxygen atoms in total. The van der Waals surface area contributed by atoms with E-state index in [1.54, 1.807) is 0 Å². The highest BCUT2D eigenvalue weighted by molar-refractivity contribution is 7.98. The minimum Gasteiger partial charge on any atom is -0.258 e. The number of thioether (sulfide) groups is 1. The van der Waals surface area contributed by atoms with Crippen LogP contribution in [0.15, 0.2) is 29.4 Å². The first kappa shape index (κ1) is 9.55. The Hall–Kier alpha value is -1.00. The molecule has 14 heavy (non-hydrogen) atoms. The van der Waals surface area contributed by atoms with E-state index >= 15 is 0 Å². The molecule has 0 aliphatic carbocycles. The van der Waals surface area contributed by atoms with Gasteiger partial charge in [0.15, 0.2) is 5.82 Å². The molecule has 0 saturated heterocycles. The number of H-pyrrole nitrogens is 1. The Morgan fingerprint density at radius 2 is 2.00 bits per heavy atom. The maximum Gasteiger partial charge on any atom is 0.208 e. The predicted molar refractivity (Wildman–Crippen MR) is 58.6 cm³/mol. The molecule has 1 heterocycles. The smallest absolute Gasteiger partial charge is 0.208 e. The fourth-order valence-corrected chi connectivity index (χ4v) is 1.52. The van der Waals surface area contributed by atoms with Crippen LogP contribution in [0.4, 0.5) is 0 Å². The van der Waals surface area contributed by atoms with Crippen LogP contribution in [0.2, 0.25) is 5.02 Å². The molecule has 1 aromatic carbocycles. The van der Waals surface area contributed by atoms with Gasteiger partial charge in [-0.05, 0) is 30.5 Å². The van der Waals surface area contributed by atoms with Crippen LogP contribution < -0.4 is 0 Å². The van der Waals surface area contributed by atoms with Crippen LogP contribution in [0.1, 0.15) is 0 Å². The van der Waals surface area contributed by atoms with Gasteiger partial charge in [0, 0.05) is 10.6 Å². The summed E-state index contributed by atoms with van der Waals surface area (Å²) in [6, 6.07) is 7.48. The molecule has 0 aliphatic heterocycles. The SMILES string of the molecule is CSc1n[nH]c(-c2ccc(Cl)cc2)n1. The minimum atomic E-state index is 0.721. The Balaban J connectivity index is 2.34. The lowest BCUT2D eigenvalue weighted by Gasteiger charge is -1.94. The third-order valence-corrected chi connectivity index (χ3v) is 2.56. The van der Waals surface area contributed by atoms with Gasteiger partial charge in [-0.2, -0.15) is 0 Å². The van der Waals surface area contributed by atoms with Crippen molar-refractivity contribution in [2.75, 3.05) is 6.26 Å². The van der Waals surface area contributed by atoms with Crippen molar-refractivity contribution in [3.63, 3.8) is 0 Å². The molecular weight excluding hydrogens is 218 g/mol. The third-order valence-electron chi connectivity index (χ3n) is 1.77. The quantitative estimate of drug-likeness (QED) is 0.800. The van der Waals surface area contributed by atoms with Gasteiger partial charge in [-0.3, -0.25) is 5.10 Å². The summed E-state index contributed by atoms with van der Waals surface area (Å²) in [4.78, 5) is 4.28. The lowest BCUT2D eigenvalue weighted by Crippen LogP contribution is -1.79. The second-order valence-corrected chi connectivity index (χ2v) is 3.89. The van der Waals surface area contributed by atoms with E-state index in [-0.39, 0.29) is 0 Å². The Bertz CT molecular complexity index is 424. The molecule has 0 radical (unpaired) electrons. The lowest BCUT2D eigenvalue weighted by atomic mass is 10.2. The van der Waals surface area contributed by atoms with Crippen molar-refractivity contribution in [3.8, 4) is 11.4 Å². The maximum absolute atomic E-state index is 5.78. The summed E-state index contributed by atoms with van der Waals surface area (Å²) >= 11 is 7.29. The molecule has 0 unspecified atom stereocenters. The molecule has 72 valence electrons. The number of benzene rings is 1. The van der Waals surface area contributed by atoms with E-state index in [9.17, 15) is 0 Å². The fourth-order valence-electron chi connectivity index (χ4n) is 1.07. The summed E-state index contributed by atoms with van der Waals surface area (Å²) in [5.74, 6) is 0.769. The van der Waals surface area contributed by atoms with Gasteiger partial charge in [0.25, 0.3) is 0 Å². The van der Waals surface area contributed by atoms with E-state index in [4.69, 9.17) is 11.6 Å². The zero-order valence-electron chi connectivity index (χ0n) is 7.49. The summed E-state index contributed by atoms with van der Waals surface area (Å²) in [6.07, 6.45) is 1.94. The van der Waals surface area contributed by atoms with Crippen molar-refractivity contribution in [3.05, 3.63) is 29.3 Å². The number of nitrogens with one attached hydrogen (secondary N) is 1. The maximum atomic E-state index is 5.78. The first-order chi connectivity index (χ1) is 6.79. The van der Waals surface area contributed by atoms with Crippen LogP contribution in [0, 0.1) is 0 Å². The normalized spacial score (nSPS) is 10.4. The summed E-state index contributed by atoms with van der Waals surface area (Å²) in [5.41, 5.74) is 0.988. The molecule has 0 bridgehead atoms.